The average Bonchev–Trinajstić information content (AvgIpc) is 2.78. The van der Waals surface area contributed by atoms with E-state index in [9.17, 15) is 0 Å². The average molecular weight is 240 g/mol. The quantitative estimate of drug-likeness (QED) is 0.632. The maximum Gasteiger partial charge on any atom is 0.0587 e. The first-order valence-corrected chi connectivity index (χ1v) is 6.20. The third kappa shape index (κ3) is 6.46. The van der Waals surface area contributed by atoms with Gasteiger partial charge in [0.05, 0.1) is 6.61 Å². The molecule has 0 saturated carbocycles. The van der Waals surface area contributed by atoms with Crippen LogP contribution in [0, 0.1) is 0 Å². The van der Waals surface area contributed by atoms with Crippen LogP contribution in [0.15, 0.2) is 18.5 Å². The van der Waals surface area contributed by atoms with Gasteiger partial charge in [-0.15, -0.1) is 0 Å². The van der Waals surface area contributed by atoms with Crippen molar-refractivity contribution in [2.45, 2.75) is 25.9 Å². The third-order valence-electron chi connectivity index (χ3n) is 2.64. The molecule has 4 heteroatoms. The molecule has 1 rings (SSSR count). The molecule has 1 N–H and O–H groups in total. The zero-order valence-electron chi connectivity index (χ0n) is 10.9. The Hall–Kier alpha value is -0.840. The molecule has 0 bridgehead atoms. The molecule has 0 radical (unpaired) electrons. The highest BCUT2D eigenvalue weighted by Gasteiger charge is 1.96. The van der Waals surface area contributed by atoms with Gasteiger partial charge in [-0.05, 0) is 24.5 Å². The van der Waals surface area contributed by atoms with Crippen LogP contribution in [-0.2, 0) is 22.6 Å². The summed E-state index contributed by atoms with van der Waals surface area (Å²) >= 11 is 0. The minimum Gasteiger partial charge on any atom is -0.385 e. The lowest BCUT2D eigenvalue weighted by Crippen LogP contribution is -2.18. The summed E-state index contributed by atoms with van der Waals surface area (Å²) in [6.07, 6.45) is 6.63. The second kappa shape index (κ2) is 9.22. The van der Waals surface area contributed by atoms with E-state index in [1.165, 1.54) is 12.0 Å². The predicted octanol–water partition coefficient (Wildman–Crippen LogP) is 1.65. The number of rotatable bonds is 10. The molecule has 0 aliphatic carbocycles. The SMILES string of the molecule is COCCCCn1ccc(CNCCOC)c1. The van der Waals surface area contributed by atoms with E-state index in [4.69, 9.17) is 9.47 Å². The Bertz CT molecular complexity index is 260. The molecule has 0 atom stereocenters. The van der Waals surface area contributed by atoms with Crippen LogP contribution in [0.25, 0.3) is 0 Å². The Labute approximate surface area is 104 Å². The lowest BCUT2D eigenvalue weighted by Gasteiger charge is -2.03. The Balaban J connectivity index is 2.14. The zero-order chi connectivity index (χ0) is 12.3. The van der Waals surface area contributed by atoms with Gasteiger partial charge in [-0.3, -0.25) is 0 Å². The molecule has 17 heavy (non-hydrogen) atoms. The van der Waals surface area contributed by atoms with Gasteiger partial charge in [0.15, 0.2) is 0 Å². The number of aromatic nitrogens is 1. The monoisotopic (exact) mass is 240 g/mol. The van der Waals surface area contributed by atoms with Crippen molar-refractivity contribution in [3.05, 3.63) is 24.0 Å². The van der Waals surface area contributed by atoms with Crippen molar-refractivity contribution < 1.29 is 9.47 Å². The van der Waals surface area contributed by atoms with Crippen molar-refractivity contribution in [3.8, 4) is 0 Å². The van der Waals surface area contributed by atoms with Crippen LogP contribution in [0.5, 0.6) is 0 Å². The Morgan fingerprint density at radius 2 is 2.00 bits per heavy atom. The second-order valence-electron chi connectivity index (χ2n) is 4.13. The summed E-state index contributed by atoms with van der Waals surface area (Å²) in [5, 5.41) is 3.33. The first-order valence-electron chi connectivity index (χ1n) is 6.20. The smallest absolute Gasteiger partial charge is 0.0587 e. The normalized spacial score (nSPS) is 10.9. The summed E-state index contributed by atoms with van der Waals surface area (Å²) in [7, 11) is 3.47. The van der Waals surface area contributed by atoms with Gasteiger partial charge >= 0.3 is 0 Å². The number of aryl methyl sites for hydroxylation is 1. The van der Waals surface area contributed by atoms with E-state index in [-0.39, 0.29) is 0 Å². The fraction of sp³-hybridized carbons (Fsp3) is 0.692. The van der Waals surface area contributed by atoms with Crippen molar-refractivity contribution in [3.63, 3.8) is 0 Å². The van der Waals surface area contributed by atoms with Crippen molar-refractivity contribution in [1.82, 2.24) is 9.88 Å². The molecule has 1 aromatic heterocycles. The van der Waals surface area contributed by atoms with Gasteiger partial charge in [-0.2, -0.15) is 0 Å². The van der Waals surface area contributed by atoms with Gasteiger partial charge in [0, 0.05) is 52.9 Å². The Morgan fingerprint density at radius 1 is 1.18 bits per heavy atom. The zero-order valence-corrected chi connectivity index (χ0v) is 10.9. The van der Waals surface area contributed by atoms with E-state index in [0.29, 0.717) is 0 Å². The van der Waals surface area contributed by atoms with Crippen molar-refractivity contribution in [2.24, 2.45) is 0 Å². The largest absolute Gasteiger partial charge is 0.385 e. The van der Waals surface area contributed by atoms with Gasteiger partial charge < -0.3 is 19.4 Å². The van der Waals surface area contributed by atoms with Gasteiger partial charge in [-0.1, -0.05) is 0 Å². The molecule has 1 heterocycles. The molecule has 4 nitrogen and oxygen atoms in total. The highest BCUT2D eigenvalue weighted by molar-refractivity contribution is 5.09. The molecular formula is C13H24N2O2. The van der Waals surface area contributed by atoms with E-state index in [1.54, 1.807) is 14.2 Å². The van der Waals surface area contributed by atoms with E-state index < -0.39 is 0 Å². The first kappa shape index (κ1) is 14.2. The molecule has 0 aliphatic heterocycles. The number of hydrogen-bond donors (Lipinski definition) is 1. The summed E-state index contributed by atoms with van der Waals surface area (Å²) < 4.78 is 12.3. The van der Waals surface area contributed by atoms with E-state index in [0.717, 1.165) is 39.3 Å². The van der Waals surface area contributed by atoms with Crippen LogP contribution in [0.3, 0.4) is 0 Å². The number of hydrogen-bond acceptors (Lipinski definition) is 3. The summed E-state index contributed by atoms with van der Waals surface area (Å²) in [6, 6.07) is 2.16. The minimum atomic E-state index is 0.762. The lowest BCUT2D eigenvalue weighted by atomic mass is 10.3. The maximum absolute atomic E-state index is 5.03. The number of methoxy groups -OCH3 is 2. The summed E-state index contributed by atoms with van der Waals surface area (Å²) in [5.41, 5.74) is 1.33. The first-order chi connectivity index (χ1) is 8.36. The fourth-order valence-electron chi connectivity index (χ4n) is 1.68. The molecule has 0 aromatic carbocycles. The molecule has 0 saturated heterocycles. The third-order valence-corrected chi connectivity index (χ3v) is 2.64. The summed E-state index contributed by atoms with van der Waals surface area (Å²) in [5.74, 6) is 0. The van der Waals surface area contributed by atoms with Crippen LogP contribution in [-0.4, -0.2) is 38.5 Å². The van der Waals surface area contributed by atoms with Crippen molar-refractivity contribution in [1.29, 1.82) is 0 Å². The van der Waals surface area contributed by atoms with Crippen LogP contribution < -0.4 is 5.32 Å². The fourth-order valence-corrected chi connectivity index (χ4v) is 1.68. The number of nitrogens with zero attached hydrogens (tertiary/aromatic N) is 1. The van der Waals surface area contributed by atoms with Gasteiger partial charge in [0.2, 0.25) is 0 Å². The van der Waals surface area contributed by atoms with Crippen molar-refractivity contribution >= 4 is 0 Å². The topological polar surface area (TPSA) is 35.4 Å². The molecule has 0 unspecified atom stereocenters. The van der Waals surface area contributed by atoms with E-state index in [1.807, 2.05) is 0 Å². The number of ether oxygens (including phenoxy) is 2. The van der Waals surface area contributed by atoms with E-state index >= 15 is 0 Å². The van der Waals surface area contributed by atoms with E-state index in [2.05, 4.69) is 28.3 Å². The summed E-state index contributed by atoms with van der Waals surface area (Å²) in [6.45, 7) is 4.50. The van der Waals surface area contributed by atoms with Crippen molar-refractivity contribution in [2.75, 3.05) is 34.0 Å². The molecule has 1 aromatic rings. The minimum absolute atomic E-state index is 0.762. The van der Waals surface area contributed by atoms with Crippen LogP contribution in [0.2, 0.25) is 0 Å². The van der Waals surface area contributed by atoms with Gasteiger partial charge in [-0.25, -0.2) is 0 Å². The standard InChI is InChI=1S/C13H24N2O2/c1-16-9-4-3-7-15-8-5-13(12-15)11-14-6-10-17-2/h5,8,12,14H,3-4,6-7,9-11H2,1-2H3. The number of unbranched alkanes of at least 4 members (excludes halogenated alkanes) is 1. The van der Waals surface area contributed by atoms with Crippen LogP contribution in [0.1, 0.15) is 18.4 Å². The second-order valence-corrected chi connectivity index (χ2v) is 4.13. The molecular weight excluding hydrogens is 216 g/mol. The number of nitrogens with one attached hydrogen (secondary N) is 1. The highest BCUT2D eigenvalue weighted by atomic mass is 16.5. The molecule has 98 valence electrons. The molecule has 0 aliphatic rings. The maximum atomic E-state index is 5.03. The lowest BCUT2D eigenvalue weighted by molar-refractivity contribution is 0.191. The molecule has 0 spiro atoms. The molecule has 0 amide bonds. The Morgan fingerprint density at radius 3 is 2.76 bits per heavy atom. The van der Waals surface area contributed by atoms with Crippen LogP contribution in [0.4, 0.5) is 0 Å². The van der Waals surface area contributed by atoms with Gasteiger partial charge in [0.25, 0.3) is 0 Å². The predicted molar refractivity (Wildman–Crippen MR) is 69.1 cm³/mol. The highest BCUT2D eigenvalue weighted by Crippen LogP contribution is 2.03. The van der Waals surface area contributed by atoms with Crippen LogP contribution >= 0.6 is 0 Å². The van der Waals surface area contributed by atoms with Gasteiger partial charge in [0.1, 0.15) is 0 Å². The summed E-state index contributed by atoms with van der Waals surface area (Å²) in [4.78, 5) is 0. The molecule has 0 fully saturated rings. The Kier molecular flexibility index (Phi) is 7.71.